The highest BCUT2D eigenvalue weighted by Crippen LogP contribution is 2.40. The average Bonchev–Trinajstić information content (AvgIpc) is 2.60. The molecule has 94 valence electrons. The lowest BCUT2D eigenvalue weighted by atomic mass is 9.82. The monoisotopic (exact) mass is 251 g/mol. The molecular weight excluding hydrogens is 230 g/mol. The Morgan fingerprint density at radius 3 is 3.00 bits per heavy atom. The van der Waals surface area contributed by atoms with Crippen LogP contribution in [0, 0.1) is 5.41 Å². The third kappa shape index (κ3) is 3.46. The van der Waals surface area contributed by atoms with Gasteiger partial charge in [0.05, 0.1) is 0 Å². The van der Waals surface area contributed by atoms with E-state index in [4.69, 9.17) is 11.6 Å². The summed E-state index contributed by atoms with van der Waals surface area (Å²) in [6.45, 7) is 5.68. The van der Waals surface area contributed by atoms with E-state index in [1.807, 2.05) is 6.07 Å². The first-order valence-electron chi connectivity index (χ1n) is 6.59. The topological polar surface area (TPSA) is 12.0 Å². The predicted octanol–water partition coefficient (Wildman–Crippen LogP) is 4.05. The van der Waals surface area contributed by atoms with E-state index in [1.54, 1.807) is 0 Å². The highest BCUT2D eigenvalue weighted by molar-refractivity contribution is 6.30. The molecule has 2 unspecified atom stereocenters. The van der Waals surface area contributed by atoms with Crippen molar-refractivity contribution in [3.8, 4) is 0 Å². The number of hydrogen-bond donors (Lipinski definition) is 1. The fraction of sp³-hybridized carbons (Fsp3) is 0.600. The van der Waals surface area contributed by atoms with Gasteiger partial charge in [0.15, 0.2) is 0 Å². The molecular formula is C15H22ClN. The fourth-order valence-corrected chi connectivity index (χ4v) is 3.30. The van der Waals surface area contributed by atoms with Crippen LogP contribution < -0.4 is 5.32 Å². The number of halogens is 1. The van der Waals surface area contributed by atoms with Gasteiger partial charge in [-0.25, -0.2) is 0 Å². The largest absolute Gasteiger partial charge is 0.314 e. The zero-order valence-electron chi connectivity index (χ0n) is 10.8. The van der Waals surface area contributed by atoms with Gasteiger partial charge in [-0.1, -0.05) is 37.6 Å². The van der Waals surface area contributed by atoms with E-state index >= 15 is 0 Å². The molecule has 17 heavy (non-hydrogen) atoms. The highest BCUT2D eigenvalue weighted by Gasteiger charge is 2.34. The van der Waals surface area contributed by atoms with Crippen molar-refractivity contribution in [1.82, 2.24) is 5.32 Å². The van der Waals surface area contributed by atoms with Gasteiger partial charge in [-0.05, 0) is 55.3 Å². The van der Waals surface area contributed by atoms with Gasteiger partial charge < -0.3 is 5.32 Å². The Balaban J connectivity index is 1.99. The Hall–Kier alpha value is -0.530. The van der Waals surface area contributed by atoms with Crippen molar-refractivity contribution in [2.24, 2.45) is 5.41 Å². The fourth-order valence-electron chi connectivity index (χ4n) is 3.08. The van der Waals surface area contributed by atoms with Crippen LogP contribution in [0.15, 0.2) is 24.3 Å². The van der Waals surface area contributed by atoms with Gasteiger partial charge in [0.1, 0.15) is 0 Å². The van der Waals surface area contributed by atoms with Gasteiger partial charge in [-0.15, -0.1) is 0 Å². The van der Waals surface area contributed by atoms with E-state index in [9.17, 15) is 0 Å². The molecule has 0 heterocycles. The third-order valence-electron chi connectivity index (χ3n) is 3.85. The first kappa shape index (κ1) is 12.9. The number of benzene rings is 1. The van der Waals surface area contributed by atoms with Crippen LogP contribution in [0.2, 0.25) is 5.02 Å². The summed E-state index contributed by atoms with van der Waals surface area (Å²) >= 11 is 6.04. The van der Waals surface area contributed by atoms with Gasteiger partial charge in [0.25, 0.3) is 0 Å². The van der Waals surface area contributed by atoms with Crippen LogP contribution in [0.5, 0.6) is 0 Å². The van der Waals surface area contributed by atoms with E-state index in [2.05, 4.69) is 37.4 Å². The van der Waals surface area contributed by atoms with E-state index in [0.717, 1.165) is 18.0 Å². The molecule has 0 saturated heterocycles. The molecule has 0 spiro atoms. The second-order valence-electron chi connectivity index (χ2n) is 5.61. The molecule has 1 saturated carbocycles. The van der Waals surface area contributed by atoms with Gasteiger partial charge in [0.2, 0.25) is 0 Å². The van der Waals surface area contributed by atoms with E-state index in [1.165, 1.54) is 24.8 Å². The van der Waals surface area contributed by atoms with Crippen molar-refractivity contribution in [3.05, 3.63) is 34.9 Å². The standard InChI is InChI=1S/C15H22ClN/c1-3-17-14-7-8-15(2,11-14)10-12-5-4-6-13(16)9-12/h4-6,9,14,17H,3,7-8,10-11H2,1-2H3. The molecule has 0 aliphatic heterocycles. The third-order valence-corrected chi connectivity index (χ3v) is 4.08. The zero-order valence-corrected chi connectivity index (χ0v) is 11.6. The van der Waals surface area contributed by atoms with E-state index in [0.29, 0.717) is 11.5 Å². The lowest BCUT2D eigenvalue weighted by Crippen LogP contribution is -2.28. The van der Waals surface area contributed by atoms with Crippen LogP contribution in [-0.4, -0.2) is 12.6 Å². The van der Waals surface area contributed by atoms with Gasteiger partial charge >= 0.3 is 0 Å². The van der Waals surface area contributed by atoms with Crippen molar-refractivity contribution in [1.29, 1.82) is 0 Å². The summed E-state index contributed by atoms with van der Waals surface area (Å²) in [5, 5.41) is 4.42. The van der Waals surface area contributed by atoms with Crippen LogP contribution in [0.1, 0.15) is 38.7 Å². The van der Waals surface area contributed by atoms with Crippen LogP contribution in [-0.2, 0) is 6.42 Å². The first-order chi connectivity index (χ1) is 8.11. The second kappa shape index (κ2) is 5.41. The Labute approximate surface area is 110 Å². The normalized spacial score (nSPS) is 28.5. The molecule has 0 aromatic heterocycles. The molecule has 1 aliphatic carbocycles. The maximum Gasteiger partial charge on any atom is 0.0408 e. The molecule has 1 aromatic rings. The molecule has 1 N–H and O–H groups in total. The number of nitrogens with one attached hydrogen (secondary N) is 1. The summed E-state index contributed by atoms with van der Waals surface area (Å²) in [7, 11) is 0. The van der Waals surface area contributed by atoms with E-state index in [-0.39, 0.29) is 0 Å². The summed E-state index contributed by atoms with van der Waals surface area (Å²) in [4.78, 5) is 0. The molecule has 0 bridgehead atoms. The lowest BCUT2D eigenvalue weighted by Gasteiger charge is -2.24. The zero-order chi connectivity index (χ0) is 12.3. The SMILES string of the molecule is CCNC1CCC(C)(Cc2cccc(Cl)c2)C1. The molecule has 0 amide bonds. The van der Waals surface area contributed by atoms with Crippen molar-refractivity contribution < 1.29 is 0 Å². The summed E-state index contributed by atoms with van der Waals surface area (Å²) in [6.07, 6.45) is 5.06. The molecule has 2 heteroatoms. The first-order valence-corrected chi connectivity index (χ1v) is 6.97. The van der Waals surface area contributed by atoms with Crippen molar-refractivity contribution >= 4 is 11.6 Å². The van der Waals surface area contributed by atoms with Crippen molar-refractivity contribution in [3.63, 3.8) is 0 Å². The summed E-state index contributed by atoms with van der Waals surface area (Å²) in [6, 6.07) is 9.01. The van der Waals surface area contributed by atoms with Gasteiger partial charge in [-0.3, -0.25) is 0 Å². The lowest BCUT2D eigenvalue weighted by molar-refractivity contribution is 0.322. The molecule has 2 atom stereocenters. The molecule has 1 fully saturated rings. The average molecular weight is 252 g/mol. The minimum atomic E-state index is 0.442. The van der Waals surface area contributed by atoms with Gasteiger partial charge in [-0.2, -0.15) is 0 Å². The molecule has 1 aromatic carbocycles. The Bertz CT molecular complexity index is 377. The van der Waals surface area contributed by atoms with Gasteiger partial charge in [0, 0.05) is 11.1 Å². The Morgan fingerprint density at radius 1 is 1.47 bits per heavy atom. The summed E-state index contributed by atoms with van der Waals surface area (Å²) in [5.41, 5.74) is 1.81. The smallest absolute Gasteiger partial charge is 0.0408 e. The highest BCUT2D eigenvalue weighted by atomic mass is 35.5. The van der Waals surface area contributed by atoms with Crippen LogP contribution >= 0.6 is 11.6 Å². The van der Waals surface area contributed by atoms with E-state index < -0.39 is 0 Å². The molecule has 2 rings (SSSR count). The van der Waals surface area contributed by atoms with Crippen molar-refractivity contribution in [2.45, 2.75) is 45.6 Å². The quantitative estimate of drug-likeness (QED) is 0.851. The van der Waals surface area contributed by atoms with Crippen LogP contribution in [0.25, 0.3) is 0 Å². The minimum absolute atomic E-state index is 0.442. The Morgan fingerprint density at radius 2 is 2.29 bits per heavy atom. The Kier molecular flexibility index (Phi) is 4.11. The van der Waals surface area contributed by atoms with Crippen LogP contribution in [0.3, 0.4) is 0 Å². The maximum atomic E-state index is 6.04. The molecule has 1 nitrogen and oxygen atoms in total. The summed E-state index contributed by atoms with van der Waals surface area (Å²) < 4.78 is 0. The number of rotatable bonds is 4. The summed E-state index contributed by atoms with van der Waals surface area (Å²) in [5.74, 6) is 0. The minimum Gasteiger partial charge on any atom is -0.314 e. The number of hydrogen-bond acceptors (Lipinski definition) is 1. The molecule has 1 aliphatic rings. The second-order valence-corrected chi connectivity index (χ2v) is 6.05. The maximum absolute atomic E-state index is 6.04. The molecule has 0 radical (unpaired) electrons. The van der Waals surface area contributed by atoms with Crippen molar-refractivity contribution in [2.75, 3.05) is 6.54 Å². The predicted molar refractivity (Wildman–Crippen MR) is 74.6 cm³/mol. The van der Waals surface area contributed by atoms with Crippen LogP contribution in [0.4, 0.5) is 0 Å².